The monoisotopic (exact) mass is 221 g/mol. The largest absolute Gasteiger partial charge is 0.462 e. The lowest BCUT2D eigenvalue weighted by Gasteiger charge is -2.13. The Hall–Kier alpha value is -1.35. The van der Waals surface area contributed by atoms with Gasteiger partial charge in [0.25, 0.3) is 0 Å². The zero-order valence-electron chi connectivity index (χ0n) is 9.85. The molecule has 1 rings (SSSR count). The molecule has 0 aliphatic rings. The predicted octanol–water partition coefficient (Wildman–Crippen LogP) is 1.90. The topological polar surface area (TPSA) is 52.3 Å². The summed E-state index contributed by atoms with van der Waals surface area (Å²) in [5.41, 5.74) is 6.93. The molecular formula is C13H19NO2. The number of carbonyl (C=O) groups excluding carboxylic acids is 1. The van der Waals surface area contributed by atoms with Gasteiger partial charge in [-0.2, -0.15) is 0 Å². The number of nitrogens with two attached hydrogens (primary N) is 1. The summed E-state index contributed by atoms with van der Waals surface area (Å²) in [4.78, 5) is 11.4. The lowest BCUT2D eigenvalue weighted by atomic mass is 10.1. The number of hydrogen-bond donors (Lipinski definition) is 1. The maximum absolute atomic E-state index is 11.4. The van der Waals surface area contributed by atoms with Crippen LogP contribution >= 0.6 is 0 Å². The number of aryl methyl sites for hydroxylation is 1. The average molecular weight is 221 g/mol. The molecule has 2 N–H and O–H groups in total. The Kier molecular flexibility index (Phi) is 4.99. The van der Waals surface area contributed by atoms with Gasteiger partial charge >= 0.3 is 5.97 Å². The van der Waals surface area contributed by atoms with E-state index in [0.717, 1.165) is 6.42 Å². The molecule has 0 bridgehead atoms. The molecule has 0 heterocycles. The van der Waals surface area contributed by atoms with E-state index in [2.05, 4.69) is 0 Å². The molecule has 0 radical (unpaired) electrons. The molecular weight excluding hydrogens is 202 g/mol. The van der Waals surface area contributed by atoms with Crippen LogP contribution in [-0.4, -0.2) is 18.1 Å². The molecule has 0 saturated carbocycles. The van der Waals surface area contributed by atoms with E-state index in [1.54, 1.807) is 0 Å². The molecule has 88 valence electrons. The summed E-state index contributed by atoms with van der Waals surface area (Å²) in [6.45, 7) is 3.64. The van der Waals surface area contributed by atoms with E-state index in [9.17, 15) is 4.79 Å². The fourth-order valence-corrected chi connectivity index (χ4v) is 1.40. The van der Waals surface area contributed by atoms with Crippen molar-refractivity contribution in [1.29, 1.82) is 0 Å². The predicted molar refractivity (Wildman–Crippen MR) is 64.0 cm³/mol. The van der Waals surface area contributed by atoms with Gasteiger partial charge in [0.2, 0.25) is 0 Å². The van der Waals surface area contributed by atoms with Crippen LogP contribution < -0.4 is 5.73 Å². The molecule has 0 unspecified atom stereocenters. The van der Waals surface area contributed by atoms with Crippen LogP contribution in [0.15, 0.2) is 30.3 Å². The minimum atomic E-state index is -0.525. The van der Waals surface area contributed by atoms with Gasteiger partial charge in [-0.3, -0.25) is 4.79 Å². The Bertz CT molecular complexity index is 322. The van der Waals surface area contributed by atoms with Crippen molar-refractivity contribution >= 4 is 5.97 Å². The molecule has 1 aromatic rings. The van der Waals surface area contributed by atoms with Gasteiger partial charge in [0, 0.05) is 0 Å². The highest BCUT2D eigenvalue weighted by Gasteiger charge is 2.15. The van der Waals surface area contributed by atoms with E-state index in [-0.39, 0.29) is 12.1 Å². The molecule has 1 atom stereocenters. The van der Waals surface area contributed by atoms with Gasteiger partial charge in [0.05, 0.1) is 6.10 Å². The molecule has 0 aliphatic heterocycles. The smallest absolute Gasteiger partial charge is 0.323 e. The first-order chi connectivity index (χ1) is 7.59. The molecule has 3 nitrogen and oxygen atoms in total. The van der Waals surface area contributed by atoms with Crippen molar-refractivity contribution in [3.05, 3.63) is 35.9 Å². The van der Waals surface area contributed by atoms with Gasteiger partial charge in [-0.25, -0.2) is 0 Å². The highest BCUT2D eigenvalue weighted by Crippen LogP contribution is 2.05. The first-order valence-corrected chi connectivity index (χ1v) is 5.59. The molecule has 3 heteroatoms. The van der Waals surface area contributed by atoms with Crippen molar-refractivity contribution in [2.75, 3.05) is 0 Å². The van der Waals surface area contributed by atoms with E-state index >= 15 is 0 Å². The van der Waals surface area contributed by atoms with E-state index < -0.39 is 6.04 Å². The first kappa shape index (κ1) is 12.7. The van der Waals surface area contributed by atoms with Gasteiger partial charge in [-0.05, 0) is 32.3 Å². The lowest BCUT2D eigenvalue weighted by molar-refractivity contribution is -0.149. The maximum atomic E-state index is 11.4. The zero-order valence-corrected chi connectivity index (χ0v) is 9.85. The minimum absolute atomic E-state index is 0.102. The Labute approximate surface area is 96.6 Å². The second kappa shape index (κ2) is 6.28. The van der Waals surface area contributed by atoms with Gasteiger partial charge in [-0.1, -0.05) is 30.3 Å². The normalized spacial score (nSPS) is 12.5. The Morgan fingerprint density at radius 2 is 1.94 bits per heavy atom. The van der Waals surface area contributed by atoms with Crippen LogP contribution in [0.4, 0.5) is 0 Å². The quantitative estimate of drug-likeness (QED) is 0.773. The summed E-state index contributed by atoms with van der Waals surface area (Å²) in [6.07, 6.45) is 1.32. The molecule has 0 aliphatic carbocycles. The van der Waals surface area contributed by atoms with Crippen LogP contribution in [0.3, 0.4) is 0 Å². The molecule has 0 aromatic heterocycles. The van der Waals surface area contributed by atoms with Gasteiger partial charge in [0.15, 0.2) is 0 Å². The summed E-state index contributed by atoms with van der Waals surface area (Å²) in [7, 11) is 0. The molecule has 0 fully saturated rings. The van der Waals surface area contributed by atoms with Crippen molar-refractivity contribution < 1.29 is 9.53 Å². The highest BCUT2D eigenvalue weighted by molar-refractivity contribution is 5.75. The number of carbonyl (C=O) groups is 1. The van der Waals surface area contributed by atoms with Crippen LogP contribution in [0.25, 0.3) is 0 Å². The molecule has 0 spiro atoms. The summed E-state index contributed by atoms with van der Waals surface area (Å²) >= 11 is 0. The van der Waals surface area contributed by atoms with Gasteiger partial charge in [-0.15, -0.1) is 0 Å². The van der Waals surface area contributed by atoms with Crippen molar-refractivity contribution in [3.63, 3.8) is 0 Å². The second-order valence-corrected chi connectivity index (χ2v) is 4.12. The van der Waals surface area contributed by atoms with Crippen LogP contribution in [0.1, 0.15) is 25.8 Å². The number of ether oxygens (including phenoxy) is 1. The third-order valence-electron chi connectivity index (χ3n) is 2.24. The lowest BCUT2D eigenvalue weighted by Crippen LogP contribution is -2.34. The minimum Gasteiger partial charge on any atom is -0.462 e. The van der Waals surface area contributed by atoms with Crippen molar-refractivity contribution in [2.24, 2.45) is 5.73 Å². The second-order valence-electron chi connectivity index (χ2n) is 4.12. The first-order valence-electron chi connectivity index (χ1n) is 5.59. The number of rotatable bonds is 5. The maximum Gasteiger partial charge on any atom is 0.323 e. The summed E-state index contributed by atoms with van der Waals surface area (Å²) in [6, 6.07) is 9.46. The van der Waals surface area contributed by atoms with E-state index in [1.807, 2.05) is 44.2 Å². The van der Waals surface area contributed by atoms with Crippen LogP contribution in [-0.2, 0) is 16.0 Å². The fourth-order valence-electron chi connectivity index (χ4n) is 1.40. The van der Waals surface area contributed by atoms with Crippen molar-refractivity contribution in [3.8, 4) is 0 Å². The fraction of sp³-hybridized carbons (Fsp3) is 0.462. The van der Waals surface area contributed by atoms with Crippen LogP contribution in [0.5, 0.6) is 0 Å². The number of hydrogen-bond acceptors (Lipinski definition) is 3. The Morgan fingerprint density at radius 1 is 1.31 bits per heavy atom. The molecule has 0 amide bonds. The molecule has 0 saturated heterocycles. The van der Waals surface area contributed by atoms with Crippen LogP contribution in [0.2, 0.25) is 0 Å². The Morgan fingerprint density at radius 3 is 2.50 bits per heavy atom. The van der Waals surface area contributed by atoms with Crippen molar-refractivity contribution in [2.45, 2.75) is 38.8 Å². The van der Waals surface area contributed by atoms with E-state index in [0.29, 0.717) is 6.42 Å². The molecule has 1 aromatic carbocycles. The number of esters is 1. The number of benzene rings is 1. The third-order valence-corrected chi connectivity index (χ3v) is 2.24. The van der Waals surface area contributed by atoms with Gasteiger partial charge in [0.1, 0.15) is 6.04 Å². The average Bonchev–Trinajstić information content (AvgIpc) is 2.26. The summed E-state index contributed by atoms with van der Waals surface area (Å²) in [5, 5.41) is 0. The van der Waals surface area contributed by atoms with Crippen molar-refractivity contribution in [1.82, 2.24) is 0 Å². The van der Waals surface area contributed by atoms with Crippen LogP contribution in [0, 0.1) is 0 Å². The third kappa shape index (κ3) is 4.45. The zero-order chi connectivity index (χ0) is 12.0. The standard InChI is InChI=1S/C13H19NO2/c1-10(2)16-13(15)12(14)9-8-11-6-4-3-5-7-11/h3-7,10,12H,8-9,14H2,1-2H3/t12-/m1/s1. The summed E-state index contributed by atoms with van der Waals surface area (Å²) in [5.74, 6) is -0.314. The SMILES string of the molecule is CC(C)OC(=O)[C@H](N)CCc1ccccc1. The van der Waals surface area contributed by atoms with E-state index in [1.165, 1.54) is 5.56 Å². The van der Waals surface area contributed by atoms with Gasteiger partial charge < -0.3 is 10.5 Å². The highest BCUT2D eigenvalue weighted by atomic mass is 16.5. The summed E-state index contributed by atoms with van der Waals surface area (Å²) < 4.78 is 5.04. The van der Waals surface area contributed by atoms with E-state index in [4.69, 9.17) is 10.5 Å². The molecule has 16 heavy (non-hydrogen) atoms. The Balaban J connectivity index is 2.35.